The summed E-state index contributed by atoms with van der Waals surface area (Å²) in [5.41, 5.74) is 0.780. The van der Waals surface area contributed by atoms with Crippen LogP contribution in [0.3, 0.4) is 0 Å². The zero-order chi connectivity index (χ0) is 17.4. The SMILES string of the molecule is CCCNc1nc(SCCC)nc2c1cnn2CCNC(=O)CCl. The van der Waals surface area contributed by atoms with Gasteiger partial charge >= 0.3 is 0 Å². The molecule has 0 saturated heterocycles. The van der Waals surface area contributed by atoms with Crippen LogP contribution in [0.5, 0.6) is 0 Å². The minimum atomic E-state index is -0.188. The number of hydrogen-bond donors (Lipinski definition) is 2. The number of halogens is 1. The average molecular weight is 371 g/mol. The summed E-state index contributed by atoms with van der Waals surface area (Å²) in [6.45, 7) is 6.09. The van der Waals surface area contributed by atoms with Gasteiger partial charge in [0, 0.05) is 18.8 Å². The number of nitrogens with zero attached hydrogens (tertiary/aromatic N) is 4. The van der Waals surface area contributed by atoms with Crippen LogP contribution in [0, 0.1) is 0 Å². The van der Waals surface area contributed by atoms with E-state index in [0.29, 0.717) is 13.1 Å². The first-order valence-electron chi connectivity index (χ1n) is 8.12. The summed E-state index contributed by atoms with van der Waals surface area (Å²) >= 11 is 7.12. The van der Waals surface area contributed by atoms with E-state index in [1.807, 2.05) is 0 Å². The number of carbonyl (C=O) groups is 1. The summed E-state index contributed by atoms with van der Waals surface area (Å²) in [6.07, 6.45) is 3.85. The third-order valence-corrected chi connectivity index (χ3v) is 4.52. The first-order valence-corrected chi connectivity index (χ1v) is 9.64. The van der Waals surface area contributed by atoms with E-state index in [9.17, 15) is 4.79 Å². The van der Waals surface area contributed by atoms with Gasteiger partial charge in [0.05, 0.1) is 18.1 Å². The van der Waals surface area contributed by atoms with E-state index >= 15 is 0 Å². The second kappa shape index (κ2) is 9.68. The molecular formula is C15H23ClN6OS. The first kappa shape index (κ1) is 18.8. The molecule has 2 N–H and O–H groups in total. The zero-order valence-electron chi connectivity index (χ0n) is 14.0. The maximum Gasteiger partial charge on any atom is 0.234 e. The largest absolute Gasteiger partial charge is 0.369 e. The summed E-state index contributed by atoms with van der Waals surface area (Å²) in [5, 5.41) is 12.1. The standard InChI is InChI=1S/C15H23ClN6OS/c1-3-5-18-13-11-10-19-22(7-6-17-12(23)9-16)14(11)21-15(20-13)24-8-4-2/h10H,3-9H2,1-2H3,(H,17,23)(H,18,20,21). The summed E-state index contributed by atoms with van der Waals surface area (Å²) in [5.74, 6) is 1.56. The molecule has 132 valence electrons. The van der Waals surface area contributed by atoms with Crippen LogP contribution in [0.1, 0.15) is 26.7 Å². The number of hydrogen-bond acceptors (Lipinski definition) is 6. The van der Waals surface area contributed by atoms with Crippen LogP contribution in [0.2, 0.25) is 0 Å². The van der Waals surface area contributed by atoms with Crippen LogP contribution in [0.4, 0.5) is 5.82 Å². The molecular weight excluding hydrogens is 348 g/mol. The molecule has 0 spiro atoms. The second-order valence-electron chi connectivity index (χ2n) is 5.22. The van der Waals surface area contributed by atoms with Gasteiger partial charge < -0.3 is 10.6 Å². The highest BCUT2D eigenvalue weighted by Crippen LogP contribution is 2.24. The number of amides is 1. The summed E-state index contributed by atoms with van der Waals surface area (Å²) in [7, 11) is 0. The Morgan fingerprint density at radius 2 is 2.12 bits per heavy atom. The Morgan fingerprint density at radius 3 is 2.83 bits per heavy atom. The molecule has 7 nitrogen and oxygen atoms in total. The van der Waals surface area contributed by atoms with E-state index in [1.54, 1.807) is 22.6 Å². The van der Waals surface area contributed by atoms with E-state index in [0.717, 1.165) is 47.1 Å². The lowest BCUT2D eigenvalue weighted by molar-refractivity contribution is -0.118. The molecule has 0 aromatic carbocycles. The van der Waals surface area contributed by atoms with Crippen LogP contribution in [-0.2, 0) is 11.3 Å². The Morgan fingerprint density at radius 1 is 1.29 bits per heavy atom. The maximum absolute atomic E-state index is 11.2. The minimum absolute atomic E-state index is 0.0368. The van der Waals surface area contributed by atoms with Crippen LogP contribution in [0.25, 0.3) is 11.0 Å². The average Bonchev–Trinajstić information content (AvgIpc) is 3.00. The van der Waals surface area contributed by atoms with Gasteiger partial charge in [-0.3, -0.25) is 4.79 Å². The molecule has 0 radical (unpaired) electrons. The molecule has 0 atom stereocenters. The van der Waals surface area contributed by atoms with Gasteiger partial charge in [-0.2, -0.15) is 5.10 Å². The predicted molar refractivity (Wildman–Crippen MR) is 98.8 cm³/mol. The molecule has 0 aliphatic carbocycles. The maximum atomic E-state index is 11.2. The highest BCUT2D eigenvalue weighted by molar-refractivity contribution is 7.99. The summed E-state index contributed by atoms with van der Waals surface area (Å²) in [4.78, 5) is 20.5. The van der Waals surface area contributed by atoms with Gasteiger partial charge in [-0.1, -0.05) is 25.6 Å². The lowest BCUT2D eigenvalue weighted by atomic mass is 10.3. The number of rotatable bonds is 10. The van der Waals surface area contributed by atoms with Crippen molar-refractivity contribution in [3.05, 3.63) is 6.20 Å². The molecule has 0 saturated carbocycles. The monoisotopic (exact) mass is 370 g/mol. The highest BCUT2D eigenvalue weighted by Gasteiger charge is 2.13. The fraction of sp³-hybridized carbons (Fsp3) is 0.600. The van der Waals surface area contributed by atoms with Crippen molar-refractivity contribution < 1.29 is 4.79 Å². The predicted octanol–water partition coefficient (Wildman–Crippen LogP) is 2.51. The third-order valence-electron chi connectivity index (χ3n) is 3.22. The second-order valence-corrected chi connectivity index (χ2v) is 6.55. The molecule has 0 unspecified atom stereocenters. The molecule has 0 aliphatic heterocycles. The molecule has 0 aliphatic rings. The van der Waals surface area contributed by atoms with Gasteiger partial charge in [-0.05, 0) is 12.8 Å². The van der Waals surface area contributed by atoms with Crippen molar-refractivity contribution in [1.29, 1.82) is 0 Å². The van der Waals surface area contributed by atoms with Gasteiger partial charge in [0.2, 0.25) is 5.91 Å². The number of carbonyl (C=O) groups excluding carboxylic acids is 1. The lowest BCUT2D eigenvalue weighted by Gasteiger charge is -2.09. The number of alkyl halides is 1. The van der Waals surface area contributed by atoms with E-state index < -0.39 is 0 Å². The number of anilines is 1. The van der Waals surface area contributed by atoms with E-state index in [2.05, 4.69) is 39.5 Å². The number of nitrogens with one attached hydrogen (secondary N) is 2. The molecule has 2 rings (SSSR count). The van der Waals surface area contributed by atoms with Crippen molar-refractivity contribution in [2.24, 2.45) is 0 Å². The van der Waals surface area contributed by atoms with Crippen molar-refractivity contribution in [3.63, 3.8) is 0 Å². The molecule has 9 heteroatoms. The normalized spacial score (nSPS) is 11.0. The Hall–Kier alpha value is -1.54. The molecule has 2 aromatic heterocycles. The Labute approximate surface area is 150 Å². The smallest absolute Gasteiger partial charge is 0.234 e. The molecule has 0 bridgehead atoms. The van der Waals surface area contributed by atoms with Gasteiger partial charge in [0.1, 0.15) is 11.7 Å². The molecule has 2 heterocycles. The van der Waals surface area contributed by atoms with Crippen LogP contribution < -0.4 is 10.6 Å². The van der Waals surface area contributed by atoms with Crippen molar-refractivity contribution in [3.8, 4) is 0 Å². The molecule has 24 heavy (non-hydrogen) atoms. The molecule has 1 amide bonds. The fourth-order valence-corrected chi connectivity index (χ4v) is 2.87. The zero-order valence-corrected chi connectivity index (χ0v) is 15.6. The fourth-order valence-electron chi connectivity index (χ4n) is 2.08. The van der Waals surface area contributed by atoms with Gasteiger partial charge in [0.25, 0.3) is 0 Å². The number of fused-ring (bicyclic) bond motifs is 1. The topological polar surface area (TPSA) is 84.7 Å². The minimum Gasteiger partial charge on any atom is -0.369 e. The van der Waals surface area contributed by atoms with Crippen LogP contribution >= 0.6 is 23.4 Å². The van der Waals surface area contributed by atoms with Gasteiger partial charge in [-0.25, -0.2) is 14.6 Å². The quantitative estimate of drug-likeness (QED) is 0.380. The Bertz CT molecular complexity index is 677. The van der Waals surface area contributed by atoms with Crippen LogP contribution in [-0.4, -0.2) is 50.4 Å². The Balaban J connectivity index is 2.23. The Kier molecular flexibility index (Phi) is 7.58. The van der Waals surface area contributed by atoms with Crippen molar-refractivity contribution in [2.75, 3.05) is 30.0 Å². The number of aromatic nitrogens is 4. The summed E-state index contributed by atoms with van der Waals surface area (Å²) in [6, 6.07) is 0. The van der Waals surface area contributed by atoms with Crippen molar-refractivity contribution in [2.45, 2.75) is 38.4 Å². The van der Waals surface area contributed by atoms with Crippen molar-refractivity contribution in [1.82, 2.24) is 25.1 Å². The van der Waals surface area contributed by atoms with Crippen molar-refractivity contribution >= 4 is 46.1 Å². The van der Waals surface area contributed by atoms with E-state index in [-0.39, 0.29) is 11.8 Å². The first-order chi connectivity index (χ1) is 11.7. The van der Waals surface area contributed by atoms with Crippen LogP contribution in [0.15, 0.2) is 11.4 Å². The molecule has 2 aromatic rings. The summed E-state index contributed by atoms with van der Waals surface area (Å²) < 4.78 is 1.79. The van der Waals surface area contributed by atoms with Gasteiger partial charge in [-0.15, -0.1) is 11.6 Å². The van der Waals surface area contributed by atoms with Gasteiger partial charge in [0.15, 0.2) is 10.8 Å². The lowest BCUT2D eigenvalue weighted by Crippen LogP contribution is -2.28. The number of thioether (sulfide) groups is 1. The molecule has 0 fully saturated rings. The van der Waals surface area contributed by atoms with E-state index in [4.69, 9.17) is 11.6 Å². The third kappa shape index (κ3) is 4.98. The van der Waals surface area contributed by atoms with E-state index in [1.165, 1.54) is 0 Å². The highest BCUT2D eigenvalue weighted by atomic mass is 35.5.